The first-order chi connectivity index (χ1) is 6.21. The van der Waals surface area contributed by atoms with Gasteiger partial charge >= 0.3 is 0 Å². The largest absolute Gasteiger partial charge is 0.396 e. The van der Waals surface area contributed by atoms with E-state index in [9.17, 15) is 12.6 Å². The van der Waals surface area contributed by atoms with E-state index in [4.69, 9.17) is 5.11 Å². The number of rotatable bonds is 5. The summed E-state index contributed by atoms with van der Waals surface area (Å²) in [6, 6.07) is 0. The van der Waals surface area contributed by atoms with Crippen molar-refractivity contribution in [1.29, 1.82) is 0 Å². The molecule has 0 amide bonds. The smallest absolute Gasteiger partial charge is 0.235 e. The maximum atomic E-state index is 11.2. The molecule has 0 saturated carbocycles. The predicted octanol–water partition coefficient (Wildman–Crippen LogP) is -1.27. The summed E-state index contributed by atoms with van der Waals surface area (Å²) in [7, 11) is -6.83. The maximum absolute atomic E-state index is 11.2. The van der Waals surface area contributed by atoms with Gasteiger partial charge < -0.3 is 5.11 Å². The van der Waals surface area contributed by atoms with E-state index in [2.05, 4.69) is 17.1 Å². The van der Waals surface area contributed by atoms with Gasteiger partial charge in [-0.25, -0.2) is 0 Å². The molecule has 0 aromatic carbocycles. The first kappa shape index (κ1) is 14.4. The molecule has 0 aromatic rings. The zero-order valence-electron chi connectivity index (χ0n) is 7.84. The second-order valence-corrected chi connectivity index (χ2v) is 13.4. The molecule has 0 aliphatic heterocycles. The highest BCUT2D eigenvalue weighted by molar-refractivity contribution is 8.42. The number of hydrogen-bond acceptors (Lipinski definition) is 5. The first-order valence-electron chi connectivity index (χ1n) is 3.71. The number of aliphatic hydroxyl groups is 1. The molecule has 0 aromatic heterocycles. The van der Waals surface area contributed by atoms with Crippen LogP contribution in [-0.2, 0) is 37.1 Å². The Morgan fingerprint density at radius 1 is 1.36 bits per heavy atom. The summed E-state index contributed by atoms with van der Waals surface area (Å²) in [4.78, 5) is 0. The molecular formula is C6H14O4S4. The van der Waals surface area contributed by atoms with Crippen LogP contribution in [0.15, 0.2) is 0 Å². The van der Waals surface area contributed by atoms with Gasteiger partial charge in [0, 0.05) is 32.0 Å². The van der Waals surface area contributed by atoms with Crippen molar-refractivity contribution in [3.05, 3.63) is 0 Å². The van der Waals surface area contributed by atoms with E-state index in [-0.39, 0.29) is 23.9 Å². The first-order valence-corrected chi connectivity index (χ1v) is 10.5. The molecule has 14 heavy (non-hydrogen) atoms. The Bertz CT molecular complexity index is 482. The molecular weight excluding hydrogens is 264 g/mol. The molecule has 0 spiro atoms. The van der Waals surface area contributed by atoms with Crippen LogP contribution >= 0.6 is 0 Å². The van der Waals surface area contributed by atoms with Gasteiger partial charge in [0.05, 0.1) is 6.61 Å². The lowest BCUT2D eigenvalue weighted by Gasteiger charge is -2.09. The van der Waals surface area contributed by atoms with Crippen molar-refractivity contribution in [3.8, 4) is 0 Å². The zero-order chi connectivity index (χ0) is 11.4. The van der Waals surface area contributed by atoms with Gasteiger partial charge in [-0.2, -0.15) is 8.42 Å². The van der Waals surface area contributed by atoms with Crippen LogP contribution in [0, 0.1) is 0 Å². The average Bonchev–Trinajstić information content (AvgIpc) is 2.00. The number of aliphatic hydroxyl groups excluding tert-OH is 1. The Morgan fingerprint density at radius 2 is 1.86 bits per heavy atom. The third kappa shape index (κ3) is 5.30. The van der Waals surface area contributed by atoms with E-state index in [1.54, 1.807) is 0 Å². The predicted molar refractivity (Wildman–Crippen MR) is 66.5 cm³/mol. The second-order valence-electron chi connectivity index (χ2n) is 2.93. The fourth-order valence-electron chi connectivity index (χ4n) is 0.708. The zero-order valence-corrected chi connectivity index (χ0v) is 11.1. The minimum absolute atomic E-state index is 0.119. The lowest BCUT2D eigenvalue weighted by atomic mass is 10.9. The fraction of sp³-hybridized carbons (Fsp3) is 0.833. The Morgan fingerprint density at radius 3 is 2.14 bits per heavy atom. The van der Waals surface area contributed by atoms with Crippen LogP contribution < -0.4 is 0 Å². The maximum Gasteiger partial charge on any atom is 0.235 e. The normalized spacial score (nSPS) is 19.6. The van der Waals surface area contributed by atoms with Crippen molar-refractivity contribution in [2.45, 2.75) is 0 Å². The van der Waals surface area contributed by atoms with E-state index in [0.29, 0.717) is 0 Å². The van der Waals surface area contributed by atoms with Crippen molar-refractivity contribution in [3.63, 3.8) is 0 Å². The Labute approximate surface area is 90.7 Å². The molecule has 0 saturated heterocycles. The molecule has 0 aliphatic carbocycles. The third-order valence-electron chi connectivity index (χ3n) is 1.58. The highest BCUT2D eigenvalue weighted by Crippen LogP contribution is 1.96. The van der Waals surface area contributed by atoms with Crippen LogP contribution in [0.5, 0.6) is 0 Å². The van der Waals surface area contributed by atoms with Gasteiger partial charge in [0.2, 0.25) is 9.26 Å². The Balaban J connectivity index is 4.97. The summed E-state index contributed by atoms with van der Waals surface area (Å²) in [6.07, 6.45) is 1.41. The van der Waals surface area contributed by atoms with Crippen molar-refractivity contribution in [1.82, 2.24) is 0 Å². The van der Waals surface area contributed by atoms with Crippen LogP contribution in [-0.4, -0.2) is 53.7 Å². The fourth-order valence-corrected chi connectivity index (χ4v) is 6.21. The molecule has 0 radical (unpaired) electrons. The summed E-state index contributed by atoms with van der Waals surface area (Å²) in [5, 5.41) is 8.69. The quantitative estimate of drug-likeness (QED) is 0.635. The van der Waals surface area contributed by atoms with Gasteiger partial charge in [-0.15, -0.1) is 0 Å². The Kier molecular flexibility index (Phi) is 5.60. The molecule has 8 heteroatoms. The van der Waals surface area contributed by atoms with Gasteiger partial charge in [-0.05, 0) is 11.2 Å². The van der Waals surface area contributed by atoms with Gasteiger partial charge in [0.15, 0.2) is 0 Å². The lowest BCUT2D eigenvalue weighted by Crippen LogP contribution is -2.20. The standard InChI is InChI=1S/C6H14O4S4/c1-13(4-3-7,12(8)9)5-6-14(2,10)11/h7H,1,3-6H2,2H3. The SMILES string of the molecule is C=S(CCO)(CCS(C)(=O)=S)=S(=O)=O. The lowest BCUT2D eigenvalue weighted by molar-refractivity contribution is 0.322. The van der Waals surface area contributed by atoms with Crippen molar-refractivity contribution < 1.29 is 17.7 Å². The molecule has 0 heterocycles. The molecule has 1 N–H and O–H groups in total. The van der Waals surface area contributed by atoms with Gasteiger partial charge in [0.25, 0.3) is 0 Å². The highest BCUT2D eigenvalue weighted by atomic mass is 32.9. The average molecular weight is 278 g/mol. The van der Waals surface area contributed by atoms with Crippen molar-refractivity contribution in [2.75, 3.05) is 30.1 Å². The number of hydrogen-bond donors (Lipinski definition) is 1. The minimum atomic E-state index is -2.35. The molecule has 2 unspecified atom stereocenters. The van der Waals surface area contributed by atoms with E-state index >= 15 is 0 Å². The van der Waals surface area contributed by atoms with E-state index in [1.807, 2.05) is 0 Å². The summed E-state index contributed by atoms with van der Waals surface area (Å²) in [5.74, 6) is 4.08. The van der Waals surface area contributed by atoms with Crippen molar-refractivity contribution >= 4 is 43.0 Å². The Hall–Kier alpha value is 0.370. The molecule has 86 valence electrons. The summed E-state index contributed by atoms with van der Waals surface area (Å²) >= 11 is 4.67. The van der Waals surface area contributed by atoms with E-state index < -0.39 is 25.9 Å². The van der Waals surface area contributed by atoms with Crippen molar-refractivity contribution in [2.24, 2.45) is 0 Å². The summed E-state index contributed by atoms with van der Waals surface area (Å²) < 4.78 is 32.9. The van der Waals surface area contributed by atoms with Crippen LogP contribution in [0.2, 0.25) is 0 Å². The van der Waals surface area contributed by atoms with Gasteiger partial charge in [0.1, 0.15) is 0 Å². The molecule has 0 fully saturated rings. The summed E-state index contributed by atoms with van der Waals surface area (Å²) in [5.41, 5.74) is 0. The molecule has 0 bridgehead atoms. The monoisotopic (exact) mass is 278 g/mol. The molecule has 0 rings (SSSR count). The van der Waals surface area contributed by atoms with E-state index in [1.165, 1.54) is 6.26 Å². The molecule has 2 atom stereocenters. The van der Waals surface area contributed by atoms with Gasteiger partial charge in [-0.3, -0.25) is 4.21 Å². The topological polar surface area (TPSA) is 71.4 Å². The van der Waals surface area contributed by atoms with Crippen LogP contribution in [0.1, 0.15) is 0 Å². The van der Waals surface area contributed by atoms with E-state index in [0.717, 1.165) is 0 Å². The third-order valence-corrected chi connectivity index (χ3v) is 8.47. The molecule has 4 nitrogen and oxygen atoms in total. The van der Waals surface area contributed by atoms with Crippen LogP contribution in [0.25, 0.3) is 0 Å². The summed E-state index contributed by atoms with van der Waals surface area (Å²) in [6.45, 7) is -0.227. The van der Waals surface area contributed by atoms with Gasteiger partial charge in [-0.1, -0.05) is 14.0 Å². The second kappa shape index (κ2) is 5.45. The van der Waals surface area contributed by atoms with Crippen LogP contribution in [0.3, 0.4) is 0 Å². The van der Waals surface area contributed by atoms with Crippen LogP contribution in [0.4, 0.5) is 0 Å². The minimum Gasteiger partial charge on any atom is -0.396 e. The molecule has 0 aliphatic rings. The highest BCUT2D eigenvalue weighted by Gasteiger charge is 2.07.